The Balaban J connectivity index is 2.19. The molecule has 1 aliphatic rings. The standard InChI is InChI=1S/C15H24N2O/c1-11-5-7-15(10-16,8-6-11)14(18)13-4-3-12(2)9-17-13/h3-4,9,11,14,18H,5-8,10,16H2,1-2H3. The van der Waals surface area contributed by atoms with Crippen molar-refractivity contribution in [2.75, 3.05) is 6.54 Å². The molecule has 1 aromatic rings. The Morgan fingerprint density at radius 2 is 2.11 bits per heavy atom. The van der Waals surface area contributed by atoms with Crippen LogP contribution >= 0.6 is 0 Å². The second-order valence-corrected chi connectivity index (χ2v) is 5.91. The molecule has 0 radical (unpaired) electrons. The van der Waals surface area contributed by atoms with Gasteiger partial charge in [-0.05, 0) is 37.3 Å². The fourth-order valence-electron chi connectivity index (χ4n) is 2.88. The van der Waals surface area contributed by atoms with E-state index < -0.39 is 6.10 Å². The van der Waals surface area contributed by atoms with E-state index in [1.165, 1.54) is 0 Å². The Kier molecular flexibility index (Phi) is 4.03. The van der Waals surface area contributed by atoms with Crippen LogP contribution in [0.5, 0.6) is 0 Å². The van der Waals surface area contributed by atoms with Crippen molar-refractivity contribution in [2.45, 2.75) is 45.6 Å². The minimum Gasteiger partial charge on any atom is -0.386 e. The number of aryl methyl sites for hydroxylation is 1. The van der Waals surface area contributed by atoms with Crippen molar-refractivity contribution < 1.29 is 5.11 Å². The third kappa shape index (κ3) is 2.57. The van der Waals surface area contributed by atoms with Crippen LogP contribution in [-0.2, 0) is 0 Å². The van der Waals surface area contributed by atoms with Gasteiger partial charge in [-0.25, -0.2) is 0 Å². The molecule has 18 heavy (non-hydrogen) atoms. The molecule has 1 unspecified atom stereocenters. The van der Waals surface area contributed by atoms with E-state index in [0.717, 1.165) is 42.9 Å². The molecule has 1 saturated carbocycles. The van der Waals surface area contributed by atoms with Gasteiger partial charge in [-0.15, -0.1) is 0 Å². The number of rotatable bonds is 3. The highest BCUT2D eigenvalue weighted by Gasteiger charge is 2.40. The van der Waals surface area contributed by atoms with Crippen molar-refractivity contribution in [1.82, 2.24) is 4.98 Å². The molecule has 1 fully saturated rings. The molecule has 1 aromatic heterocycles. The van der Waals surface area contributed by atoms with Crippen molar-refractivity contribution in [3.63, 3.8) is 0 Å². The van der Waals surface area contributed by atoms with Crippen LogP contribution in [0.15, 0.2) is 18.3 Å². The molecule has 1 heterocycles. The first-order valence-electron chi connectivity index (χ1n) is 6.88. The first-order chi connectivity index (χ1) is 8.57. The molecule has 3 nitrogen and oxygen atoms in total. The average molecular weight is 248 g/mol. The topological polar surface area (TPSA) is 59.1 Å². The lowest BCUT2D eigenvalue weighted by atomic mass is 9.67. The van der Waals surface area contributed by atoms with Crippen molar-refractivity contribution in [2.24, 2.45) is 17.1 Å². The third-order valence-corrected chi connectivity index (χ3v) is 4.47. The highest BCUT2D eigenvalue weighted by atomic mass is 16.3. The summed E-state index contributed by atoms with van der Waals surface area (Å²) in [6.07, 6.45) is 5.59. The van der Waals surface area contributed by atoms with Crippen LogP contribution in [0.4, 0.5) is 0 Å². The predicted molar refractivity (Wildman–Crippen MR) is 73.1 cm³/mol. The molecule has 1 atom stereocenters. The molecule has 3 heteroatoms. The van der Waals surface area contributed by atoms with Crippen LogP contribution in [0.25, 0.3) is 0 Å². The summed E-state index contributed by atoms with van der Waals surface area (Å²) in [6.45, 7) is 4.82. The number of hydrogen-bond acceptors (Lipinski definition) is 3. The number of hydrogen-bond donors (Lipinski definition) is 2. The van der Waals surface area contributed by atoms with E-state index in [1.54, 1.807) is 0 Å². The summed E-state index contributed by atoms with van der Waals surface area (Å²) >= 11 is 0. The molecule has 2 rings (SSSR count). The van der Waals surface area contributed by atoms with E-state index in [2.05, 4.69) is 11.9 Å². The van der Waals surface area contributed by atoms with E-state index in [4.69, 9.17) is 5.73 Å². The Bertz CT molecular complexity index is 380. The van der Waals surface area contributed by atoms with Crippen LogP contribution in [0.1, 0.15) is 50.0 Å². The van der Waals surface area contributed by atoms with Gasteiger partial charge in [0.2, 0.25) is 0 Å². The molecular weight excluding hydrogens is 224 g/mol. The van der Waals surface area contributed by atoms with E-state index in [-0.39, 0.29) is 5.41 Å². The number of aliphatic hydroxyl groups excluding tert-OH is 1. The normalized spacial score (nSPS) is 30.1. The number of aromatic nitrogens is 1. The smallest absolute Gasteiger partial charge is 0.103 e. The van der Waals surface area contributed by atoms with Gasteiger partial charge in [-0.2, -0.15) is 0 Å². The maximum Gasteiger partial charge on any atom is 0.103 e. The molecular formula is C15H24N2O. The first kappa shape index (κ1) is 13.5. The van der Waals surface area contributed by atoms with Crippen molar-refractivity contribution in [3.05, 3.63) is 29.6 Å². The predicted octanol–water partition coefficient (Wildman–Crippen LogP) is 2.58. The minimum absolute atomic E-state index is 0.172. The molecule has 0 aliphatic heterocycles. The molecule has 0 saturated heterocycles. The zero-order valence-electron chi connectivity index (χ0n) is 11.4. The van der Waals surface area contributed by atoms with Crippen molar-refractivity contribution >= 4 is 0 Å². The van der Waals surface area contributed by atoms with Crippen LogP contribution in [0.2, 0.25) is 0 Å². The van der Waals surface area contributed by atoms with E-state index >= 15 is 0 Å². The van der Waals surface area contributed by atoms with Gasteiger partial charge in [-0.1, -0.05) is 25.8 Å². The number of pyridine rings is 1. The maximum absolute atomic E-state index is 10.6. The monoisotopic (exact) mass is 248 g/mol. The Morgan fingerprint density at radius 1 is 1.44 bits per heavy atom. The van der Waals surface area contributed by atoms with Gasteiger partial charge in [0.15, 0.2) is 0 Å². The highest BCUT2D eigenvalue weighted by molar-refractivity contribution is 5.16. The zero-order valence-corrected chi connectivity index (χ0v) is 11.4. The molecule has 3 N–H and O–H groups in total. The van der Waals surface area contributed by atoms with Gasteiger partial charge in [0.25, 0.3) is 0 Å². The van der Waals surface area contributed by atoms with Crippen molar-refractivity contribution in [1.29, 1.82) is 0 Å². The highest BCUT2D eigenvalue weighted by Crippen LogP contribution is 2.46. The lowest BCUT2D eigenvalue weighted by molar-refractivity contribution is -0.0108. The van der Waals surface area contributed by atoms with E-state index in [0.29, 0.717) is 6.54 Å². The third-order valence-electron chi connectivity index (χ3n) is 4.47. The molecule has 0 spiro atoms. The lowest BCUT2D eigenvalue weighted by Crippen LogP contribution is -2.40. The SMILES string of the molecule is Cc1ccc(C(O)C2(CN)CCC(C)CC2)nc1. The van der Waals surface area contributed by atoms with Gasteiger partial charge in [0.05, 0.1) is 5.69 Å². The summed E-state index contributed by atoms with van der Waals surface area (Å²) in [5, 5.41) is 10.6. The van der Waals surface area contributed by atoms with Crippen LogP contribution in [-0.4, -0.2) is 16.6 Å². The maximum atomic E-state index is 10.6. The molecule has 0 bridgehead atoms. The van der Waals surface area contributed by atoms with Crippen LogP contribution in [0.3, 0.4) is 0 Å². The average Bonchev–Trinajstić information content (AvgIpc) is 2.40. The zero-order chi connectivity index (χ0) is 13.2. The minimum atomic E-state index is -0.532. The number of aliphatic hydroxyl groups is 1. The van der Waals surface area contributed by atoms with Gasteiger partial charge in [0.1, 0.15) is 6.10 Å². The summed E-state index contributed by atoms with van der Waals surface area (Å²) in [5.74, 6) is 0.753. The van der Waals surface area contributed by atoms with Gasteiger partial charge < -0.3 is 10.8 Å². The summed E-state index contributed by atoms with van der Waals surface area (Å²) < 4.78 is 0. The quantitative estimate of drug-likeness (QED) is 0.864. The van der Waals surface area contributed by atoms with E-state index in [9.17, 15) is 5.11 Å². The largest absolute Gasteiger partial charge is 0.386 e. The summed E-state index contributed by atoms with van der Waals surface area (Å²) in [7, 11) is 0. The Morgan fingerprint density at radius 3 is 2.61 bits per heavy atom. The Hall–Kier alpha value is -0.930. The van der Waals surface area contributed by atoms with E-state index in [1.807, 2.05) is 25.3 Å². The summed E-state index contributed by atoms with van der Waals surface area (Å²) in [6, 6.07) is 3.93. The van der Waals surface area contributed by atoms with Gasteiger partial charge >= 0.3 is 0 Å². The molecule has 1 aliphatic carbocycles. The Labute approximate surface area is 109 Å². The fourth-order valence-corrected chi connectivity index (χ4v) is 2.88. The van der Waals surface area contributed by atoms with Gasteiger partial charge in [-0.3, -0.25) is 4.98 Å². The first-order valence-corrected chi connectivity index (χ1v) is 6.88. The molecule has 0 amide bonds. The molecule has 0 aromatic carbocycles. The van der Waals surface area contributed by atoms with Crippen molar-refractivity contribution in [3.8, 4) is 0 Å². The number of nitrogens with zero attached hydrogens (tertiary/aromatic N) is 1. The summed E-state index contributed by atoms with van der Waals surface area (Å²) in [4.78, 5) is 4.36. The fraction of sp³-hybridized carbons (Fsp3) is 0.667. The molecule has 100 valence electrons. The second kappa shape index (κ2) is 5.37. The summed E-state index contributed by atoms with van der Waals surface area (Å²) in [5.41, 5.74) is 7.67. The van der Waals surface area contributed by atoms with Crippen LogP contribution < -0.4 is 5.73 Å². The van der Waals surface area contributed by atoms with Crippen LogP contribution in [0, 0.1) is 18.3 Å². The van der Waals surface area contributed by atoms with Gasteiger partial charge in [0, 0.05) is 18.2 Å². The number of nitrogens with two attached hydrogens (primary N) is 1. The second-order valence-electron chi connectivity index (χ2n) is 5.91. The lowest BCUT2D eigenvalue weighted by Gasteiger charge is -2.41.